The van der Waals surface area contributed by atoms with Gasteiger partial charge in [-0.1, -0.05) is 33.6 Å². The minimum atomic E-state index is -0.355. The van der Waals surface area contributed by atoms with E-state index in [1.54, 1.807) is 0 Å². The van der Waals surface area contributed by atoms with Crippen LogP contribution in [0.4, 0.5) is 0 Å². The second kappa shape index (κ2) is 6.05. The number of carbonyl (C=O) groups is 1. The largest absolute Gasteiger partial charge is 0.323 e. The first-order valence-corrected chi connectivity index (χ1v) is 7.42. The molecule has 0 spiro atoms. The van der Waals surface area contributed by atoms with Crippen LogP contribution in [0, 0.1) is 5.92 Å². The van der Waals surface area contributed by atoms with Gasteiger partial charge in [-0.25, -0.2) is 0 Å². The molecule has 0 aliphatic carbocycles. The molecule has 1 N–H and O–H groups in total. The van der Waals surface area contributed by atoms with Gasteiger partial charge in [0.1, 0.15) is 0 Å². The summed E-state index contributed by atoms with van der Waals surface area (Å²) in [6, 6.07) is 0.340. The van der Waals surface area contributed by atoms with Crippen molar-refractivity contribution in [1.82, 2.24) is 10.2 Å². The Bertz CT molecular complexity index is 290. The number of rotatable bonds is 6. The van der Waals surface area contributed by atoms with Crippen LogP contribution in [0.3, 0.4) is 0 Å². The number of nitrogens with one attached hydrogen (secondary N) is 1. The number of hydrogen-bond donors (Lipinski definition) is 1. The third kappa shape index (κ3) is 3.25. The highest BCUT2D eigenvalue weighted by Gasteiger charge is 2.46. The van der Waals surface area contributed by atoms with Crippen molar-refractivity contribution >= 4 is 5.91 Å². The van der Waals surface area contributed by atoms with Gasteiger partial charge < -0.3 is 4.90 Å². The summed E-state index contributed by atoms with van der Waals surface area (Å²) in [6.45, 7) is 12.9. The average Bonchev–Trinajstić information content (AvgIpc) is 2.50. The van der Waals surface area contributed by atoms with Gasteiger partial charge in [-0.2, -0.15) is 0 Å². The minimum absolute atomic E-state index is 0.163. The second-order valence-electron chi connectivity index (χ2n) is 6.39. The van der Waals surface area contributed by atoms with Crippen molar-refractivity contribution in [2.45, 2.75) is 85.0 Å². The zero-order valence-corrected chi connectivity index (χ0v) is 12.9. The molecule has 0 radical (unpaired) electrons. The third-order valence-electron chi connectivity index (χ3n) is 4.24. The number of nitrogens with zero attached hydrogens (tertiary/aromatic N) is 1. The van der Waals surface area contributed by atoms with Crippen molar-refractivity contribution < 1.29 is 4.79 Å². The smallest absolute Gasteiger partial charge is 0.244 e. The van der Waals surface area contributed by atoms with E-state index in [1.807, 2.05) is 11.8 Å². The fraction of sp³-hybridized carbons (Fsp3) is 0.933. The summed E-state index contributed by atoms with van der Waals surface area (Å²) in [6.07, 6.45) is 4.58. The Labute approximate surface area is 112 Å². The Morgan fingerprint density at radius 2 is 1.94 bits per heavy atom. The standard InChI is InChI=1S/C15H30N2O/c1-7-15(6)14(18)17(13(5)16-15)12(4)10-8-9-11(2)3/h11-13,16H,7-10H2,1-6H3. The summed E-state index contributed by atoms with van der Waals surface area (Å²) >= 11 is 0. The first-order valence-electron chi connectivity index (χ1n) is 7.42. The van der Waals surface area contributed by atoms with Gasteiger partial charge in [0.05, 0.1) is 11.7 Å². The number of amides is 1. The fourth-order valence-electron chi connectivity index (χ4n) is 2.85. The lowest BCUT2D eigenvalue weighted by Gasteiger charge is -2.29. The summed E-state index contributed by atoms with van der Waals surface area (Å²) < 4.78 is 0. The predicted octanol–water partition coefficient (Wildman–Crippen LogP) is 3.15. The lowest BCUT2D eigenvalue weighted by Crippen LogP contribution is -2.44. The van der Waals surface area contributed by atoms with Crippen LogP contribution in [-0.2, 0) is 4.79 Å². The molecule has 3 atom stereocenters. The van der Waals surface area contributed by atoms with Gasteiger partial charge in [0.2, 0.25) is 5.91 Å². The van der Waals surface area contributed by atoms with Crippen LogP contribution in [0.15, 0.2) is 0 Å². The van der Waals surface area contributed by atoms with E-state index in [1.165, 1.54) is 12.8 Å². The molecular weight excluding hydrogens is 224 g/mol. The zero-order chi connectivity index (χ0) is 13.9. The highest BCUT2D eigenvalue weighted by atomic mass is 16.2. The lowest BCUT2D eigenvalue weighted by atomic mass is 9.98. The van der Waals surface area contributed by atoms with Crippen molar-refractivity contribution in [2.24, 2.45) is 5.92 Å². The normalized spacial score (nSPS) is 30.3. The number of hydrogen-bond acceptors (Lipinski definition) is 2. The summed E-state index contributed by atoms with van der Waals surface area (Å²) in [7, 11) is 0. The Kier molecular flexibility index (Phi) is 5.20. The molecule has 1 heterocycles. The minimum Gasteiger partial charge on any atom is -0.323 e. The maximum absolute atomic E-state index is 12.5. The maximum Gasteiger partial charge on any atom is 0.244 e. The molecule has 1 aliphatic rings. The molecule has 3 unspecified atom stereocenters. The van der Waals surface area contributed by atoms with E-state index in [2.05, 4.69) is 39.9 Å². The Morgan fingerprint density at radius 3 is 2.39 bits per heavy atom. The van der Waals surface area contributed by atoms with Gasteiger partial charge in [-0.05, 0) is 39.5 Å². The van der Waals surface area contributed by atoms with Gasteiger partial charge in [0.15, 0.2) is 0 Å². The molecule has 1 rings (SSSR count). The van der Waals surface area contributed by atoms with E-state index in [0.29, 0.717) is 6.04 Å². The molecule has 1 saturated heterocycles. The van der Waals surface area contributed by atoms with Crippen LogP contribution in [0.5, 0.6) is 0 Å². The molecule has 106 valence electrons. The van der Waals surface area contributed by atoms with Gasteiger partial charge in [-0.15, -0.1) is 0 Å². The lowest BCUT2D eigenvalue weighted by molar-refractivity contribution is -0.134. The molecule has 3 nitrogen and oxygen atoms in total. The van der Waals surface area contributed by atoms with Crippen LogP contribution < -0.4 is 5.32 Å². The third-order valence-corrected chi connectivity index (χ3v) is 4.24. The van der Waals surface area contributed by atoms with Gasteiger partial charge >= 0.3 is 0 Å². The highest BCUT2D eigenvalue weighted by molar-refractivity contribution is 5.88. The summed E-state index contributed by atoms with van der Waals surface area (Å²) in [5.41, 5.74) is -0.355. The average molecular weight is 254 g/mol. The monoisotopic (exact) mass is 254 g/mol. The van der Waals surface area contributed by atoms with Crippen molar-refractivity contribution in [3.63, 3.8) is 0 Å². The topological polar surface area (TPSA) is 32.3 Å². The molecule has 1 fully saturated rings. The first kappa shape index (κ1) is 15.5. The molecule has 3 heteroatoms. The molecule has 18 heavy (non-hydrogen) atoms. The molecule has 0 aromatic carbocycles. The predicted molar refractivity (Wildman–Crippen MR) is 76.3 cm³/mol. The second-order valence-corrected chi connectivity index (χ2v) is 6.39. The molecule has 0 aromatic rings. The zero-order valence-electron chi connectivity index (χ0n) is 12.9. The molecule has 0 saturated carbocycles. The summed E-state index contributed by atoms with van der Waals surface area (Å²) in [5, 5.41) is 3.44. The molecule has 0 bridgehead atoms. The summed E-state index contributed by atoms with van der Waals surface area (Å²) in [4.78, 5) is 14.5. The van der Waals surface area contributed by atoms with Gasteiger partial charge in [0.25, 0.3) is 0 Å². The van der Waals surface area contributed by atoms with Gasteiger partial charge in [0, 0.05) is 6.04 Å². The van der Waals surface area contributed by atoms with Crippen LogP contribution in [0.2, 0.25) is 0 Å². The fourth-order valence-corrected chi connectivity index (χ4v) is 2.85. The Morgan fingerprint density at radius 1 is 1.33 bits per heavy atom. The van der Waals surface area contributed by atoms with Crippen LogP contribution >= 0.6 is 0 Å². The van der Waals surface area contributed by atoms with E-state index in [0.717, 1.165) is 18.8 Å². The van der Waals surface area contributed by atoms with E-state index >= 15 is 0 Å². The van der Waals surface area contributed by atoms with Crippen molar-refractivity contribution in [2.75, 3.05) is 0 Å². The van der Waals surface area contributed by atoms with E-state index in [4.69, 9.17) is 0 Å². The molecule has 1 amide bonds. The SMILES string of the molecule is CCC1(C)NC(C)N(C(C)CCCC(C)C)C1=O. The molecule has 0 aromatic heterocycles. The molecule has 1 aliphatic heterocycles. The molecular formula is C15H30N2O. The van der Waals surface area contributed by atoms with E-state index in [-0.39, 0.29) is 17.6 Å². The Balaban J connectivity index is 2.57. The van der Waals surface area contributed by atoms with Crippen LogP contribution in [0.25, 0.3) is 0 Å². The maximum atomic E-state index is 12.5. The quantitative estimate of drug-likeness (QED) is 0.789. The van der Waals surface area contributed by atoms with Crippen molar-refractivity contribution in [1.29, 1.82) is 0 Å². The van der Waals surface area contributed by atoms with E-state index in [9.17, 15) is 4.79 Å². The summed E-state index contributed by atoms with van der Waals surface area (Å²) in [5.74, 6) is 1.03. The van der Waals surface area contributed by atoms with Gasteiger partial charge in [-0.3, -0.25) is 10.1 Å². The van der Waals surface area contributed by atoms with Crippen LogP contribution in [-0.4, -0.2) is 28.6 Å². The van der Waals surface area contributed by atoms with E-state index < -0.39 is 0 Å². The Hall–Kier alpha value is -0.570. The van der Waals surface area contributed by atoms with Crippen molar-refractivity contribution in [3.05, 3.63) is 0 Å². The number of carbonyl (C=O) groups excluding carboxylic acids is 1. The van der Waals surface area contributed by atoms with Crippen LogP contribution in [0.1, 0.15) is 67.2 Å². The first-order chi connectivity index (χ1) is 8.31. The van der Waals surface area contributed by atoms with Crippen molar-refractivity contribution in [3.8, 4) is 0 Å². The highest BCUT2D eigenvalue weighted by Crippen LogP contribution is 2.27.